The number of hydrogen-bond donors (Lipinski definition) is 1. The molecule has 0 saturated carbocycles. The van der Waals surface area contributed by atoms with Crippen LogP contribution < -0.4 is 0 Å². The van der Waals surface area contributed by atoms with Gasteiger partial charge in [-0.05, 0) is 41.7 Å². The Bertz CT molecular complexity index is 570. The van der Waals surface area contributed by atoms with Gasteiger partial charge >= 0.3 is 0 Å². The Balaban J connectivity index is 1.97. The minimum Gasteiger partial charge on any atom is -0.385 e. The van der Waals surface area contributed by atoms with Crippen molar-refractivity contribution in [2.75, 3.05) is 0 Å². The molecule has 1 N–H and O–H groups in total. The molecular formula is C15H14FNO. The minimum atomic E-state index is -0.958. The first kappa shape index (κ1) is 11.4. The molecule has 0 spiro atoms. The third kappa shape index (κ3) is 1.81. The summed E-state index contributed by atoms with van der Waals surface area (Å²) in [6.07, 6.45) is 5.10. The molecule has 1 aromatic carbocycles. The van der Waals surface area contributed by atoms with Crippen molar-refractivity contribution in [1.29, 1.82) is 0 Å². The van der Waals surface area contributed by atoms with Crippen molar-refractivity contribution in [1.82, 2.24) is 4.98 Å². The van der Waals surface area contributed by atoms with Crippen molar-refractivity contribution in [3.63, 3.8) is 0 Å². The predicted octanol–water partition coefficient (Wildman–Crippen LogP) is 2.60. The normalized spacial score (nSPS) is 21.9. The van der Waals surface area contributed by atoms with E-state index < -0.39 is 5.60 Å². The van der Waals surface area contributed by atoms with E-state index in [2.05, 4.69) is 4.98 Å². The summed E-state index contributed by atoms with van der Waals surface area (Å²) >= 11 is 0. The van der Waals surface area contributed by atoms with Crippen LogP contribution in [0.4, 0.5) is 4.39 Å². The summed E-state index contributed by atoms with van der Waals surface area (Å²) in [5.41, 5.74) is 1.40. The second-order valence-corrected chi connectivity index (χ2v) is 4.84. The molecule has 92 valence electrons. The maximum absolute atomic E-state index is 13.6. The molecule has 0 fully saturated rings. The summed E-state index contributed by atoms with van der Waals surface area (Å²) in [7, 11) is 0. The van der Waals surface area contributed by atoms with Gasteiger partial charge in [-0.1, -0.05) is 18.2 Å². The van der Waals surface area contributed by atoms with Crippen LogP contribution in [-0.2, 0) is 18.4 Å². The quantitative estimate of drug-likeness (QED) is 0.879. The van der Waals surface area contributed by atoms with Gasteiger partial charge in [0.15, 0.2) is 0 Å². The summed E-state index contributed by atoms with van der Waals surface area (Å²) in [4.78, 5) is 4.05. The summed E-state index contributed by atoms with van der Waals surface area (Å²) in [6.45, 7) is 0. The number of fused-ring (bicyclic) bond motifs is 1. The van der Waals surface area contributed by atoms with Gasteiger partial charge in [-0.2, -0.15) is 0 Å². The number of aliphatic hydroxyl groups is 1. The zero-order valence-corrected chi connectivity index (χ0v) is 9.94. The molecule has 3 heteroatoms. The van der Waals surface area contributed by atoms with Crippen molar-refractivity contribution >= 4 is 0 Å². The Labute approximate surface area is 105 Å². The van der Waals surface area contributed by atoms with Gasteiger partial charge in [0.05, 0.1) is 5.60 Å². The number of benzene rings is 1. The fourth-order valence-corrected chi connectivity index (χ4v) is 2.74. The highest BCUT2D eigenvalue weighted by molar-refractivity contribution is 5.39. The van der Waals surface area contributed by atoms with Crippen molar-refractivity contribution in [3.05, 3.63) is 65.2 Å². The van der Waals surface area contributed by atoms with E-state index >= 15 is 0 Å². The highest BCUT2D eigenvalue weighted by atomic mass is 19.1. The molecule has 0 amide bonds. The molecule has 0 saturated heterocycles. The van der Waals surface area contributed by atoms with Gasteiger partial charge in [0.25, 0.3) is 0 Å². The number of halogens is 1. The van der Waals surface area contributed by atoms with Crippen LogP contribution in [0.25, 0.3) is 0 Å². The Morgan fingerprint density at radius 3 is 2.94 bits per heavy atom. The molecule has 2 nitrogen and oxygen atoms in total. The fraction of sp³-hybridized carbons (Fsp3) is 0.267. The molecular weight excluding hydrogens is 229 g/mol. The molecule has 1 heterocycles. The van der Waals surface area contributed by atoms with Crippen LogP contribution in [0.1, 0.15) is 23.1 Å². The van der Waals surface area contributed by atoms with Gasteiger partial charge in [0.1, 0.15) is 5.82 Å². The molecule has 1 aliphatic carbocycles. The highest BCUT2D eigenvalue weighted by Gasteiger charge is 2.37. The lowest BCUT2D eigenvalue weighted by atomic mass is 9.89. The lowest BCUT2D eigenvalue weighted by molar-refractivity contribution is 0.0388. The van der Waals surface area contributed by atoms with Crippen LogP contribution in [0.5, 0.6) is 0 Å². The minimum absolute atomic E-state index is 0.213. The zero-order chi connectivity index (χ0) is 12.6. The predicted molar refractivity (Wildman–Crippen MR) is 66.6 cm³/mol. The smallest absolute Gasteiger partial charge is 0.126 e. The lowest BCUT2D eigenvalue weighted by Crippen LogP contribution is -2.25. The van der Waals surface area contributed by atoms with E-state index in [1.165, 1.54) is 6.07 Å². The molecule has 2 aromatic rings. The molecule has 0 radical (unpaired) electrons. The van der Waals surface area contributed by atoms with Gasteiger partial charge in [-0.15, -0.1) is 0 Å². The monoisotopic (exact) mass is 243 g/mol. The maximum atomic E-state index is 13.6. The van der Waals surface area contributed by atoms with Crippen molar-refractivity contribution in [3.8, 4) is 0 Å². The number of nitrogens with zero attached hydrogens (tertiary/aromatic N) is 1. The second kappa shape index (κ2) is 4.18. The van der Waals surface area contributed by atoms with E-state index in [-0.39, 0.29) is 5.82 Å². The number of pyridine rings is 1. The summed E-state index contributed by atoms with van der Waals surface area (Å²) in [6, 6.07) is 8.71. The largest absolute Gasteiger partial charge is 0.385 e. The molecule has 0 aliphatic heterocycles. The molecule has 1 atom stereocenters. The lowest BCUT2D eigenvalue weighted by Gasteiger charge is -2.24. The molecule has 1 aromatic heterocycles. The standard InChI is InChI=1S/C15H14FNO/c16-14-5-1-4-13-12(14)6-7-15(13,18)9-11-3-2-8-17-10-11/h1-5,8,10,18H,6-7,9H2. The van der Waals surface area contributed by atoms with E-state index in [1.807, 2.05) is 18.2 Å². The van der Waals surface area contributed by atoms with Crippen LogP contribution in [0.3, 0.4) is 0 Å². The summed E-state index contributed by atoms with van der Waals surface area (Å²) in [5.74, 6) is -0.213. The average molecular weight is 243 g/mol. The third-order valence-corrected chi connectivity index (χ3v) is 3.63. The number of aromatic nitrogens is 1. The Kier molecular flexibility index (Phi) is 2.63. The van der Waals surface area contributed by atoms with E-state index in [4.69, 9.17) is 0 Å². The first-order valence-electron chi connectivity index (χ1n) is 6.08. The van der Waals surface area contributed by atoms with E-state index in [1.54, 1.807) is 18.5 Å². The first-order chi connectivity index (χ1) is 8.69. The van der Waals surface area contributed by atoms with E-state index in [9.17, 15) is 9.50 Å². The molecule has 0 bridgehead atoms. The summed E-state index contributed by atoms with van der Waals surface area (Å²) < 4.78 is 13.6. The second-order valence-electron chi connectivity index (χ2n) is 4.84. The van der Waals surface area contributed by atoms with Crippen molar-refractivity contribution in [2.45, 2.75) is 24.9 Å². The highest BCUT2D eigenvalue weighted by Crippen LogP contribution is 2.40. The van der Waals surface area contributed by atoms with Gasteiger partial charge in [-0.3, -0.25) is 4.98 Å². The molecule has 1 aliphatic rings. The SMILES string of the molecule is OC1(Cc2cccnc2)CCc2c(F)cccc21. The Hall–Kier alpha value is -1.74. The Morgan fingerprint density at radius 1 is 1.28 bits per heavy atom. The van der Waals surface area contributed by atoms with Crippen LogP contribution >= 0.6 is 0 Å². The van der Waals surface area contributed by atoms with E-state index in [0.29, 0.717) is 24.8 Å². The first-order valence-corrected chi connectivity index (χ1v) is 6.08. The van der Waals surface area contributed by atoms with Crippen LogP contribution in [-0.4, -0.2) is 10.1 Å². The molecule has 18 heavy (non-hydrogen) atoms. The number of hydrogen-bond acceptors (Lipinski definition) is 2. The van der Waals surface area contributed by atoms with Gasteiger partial charge in [-0.25, -0.2) is 4.39 Å². The summed E-state index contributed by atoms with van der Waals surface area (Å²) in [5, 5.41) is 10.7. The topological polar surface area (TPSA) is 33.1 Å². The van der Waals surface area contributed by atoms with Gasteiger partial charge < -0.3 is 5.11 Å². The van der Waals surface area contributed by atoms with Crippen LogP contribution in [0.2, 0.25) is 0 Å². The fourth-order valence-electron chi connectivity index (χ4n) is 2.74. The third-order valence-electron chi connectivity index (χ3n) is 3.63. The van der Waals surface area contributed by atoms with Crippen LogP contribution in [0, 0.1) is 5.82 Å². The van der Waals surface area contributed by atoms with Gasteiger partial charge in [0, 0.05) is 18.8 Å². The van der Waals surface area contributed by atoms with Gasteiger partial charge in [0.2, 0.25) is 0 Å². The molecule has 3 rings (SSSR count). The maximum Gasteiger partial charge on any atom is 0.126 e. The number of rotatable bonds is 2. The average Bonchev–Trinajstić information content (AvgIpc) is 2.70. The molecule has 1 unspecified atom stereocenters. The van der Waals surface area contributed by atoms with Crippen molar-refractivity contribution < 1.29 is 9.50 Å². The Morgan fingerprint density at radius 2 is 2.17 bits per heavy atom. The zero-order valence-electron chi connectivity index (χ0n) is 9.94. The van der Waals surface area contributed by atoms with Crippen LogP contribution in [0.15, 0.2) is 42.7 Å². The van der Waals surface area contributed by atoms with Crippen molar-refractivity contribution in [2.24, 2.45) is 0 Å². The van der Waals surface area contributed by atoms with E-state index in [0.717, 1.165) is 11.1 Å².